The van der Waals surface area contributed by atoms with Crippen molar-refractivity contribution in [1.29, 1.82) is 5.26 Å². The van der Waals surface area contributed by atoms with E-state index in [1.807, 2.05) is 18.2 Å². The van der Waals surface area contributed by atoms with E-state index in [0.717, 1.165) is 18.6 Å². The molecule has 0 fully saturated rings. The highest BCUT2D eigenvalue weighted by molar-refractivity contribution is 6.09. The highest BCUT2D eigenvalue weighted by Crippen LogP contribution is 2.16. The third-order valence-corrected chi connectivity index (χ3v) is 4.21. The van der Waals surface area contributed by atoms with Crippen molar-refractivity contribution in [1.82, 2.24) is 0 Å². The number of anilines is 1. The number of carboxylic acid groups (broad SMARTS) is 1. The number of aromatic carboxylic acids is 1. The molecule has 0 aliphatic heterocycles. The maximum absolute atomic E-state index is 12.3. The summed E-state index contributed by atoms with van der Waals surface area (Å²) in [6, 6.07) is 14.8. The Bertz CT molecular complexity index is 894. The van der Waals surface area contributed by atoms with Crippen LogP contribution >= 0.6 is 0 Å². The van der Waals surface area contributed by atoms with Crippen LogP contribution in [-0.2, 0) is 4.79 Å². The number of unbranched alkanes of at least 4 members (excludes halogenated alkanes) is 3. The average Bonchev–Trinajstić information content (AvgIpc) is 2.73. The van der Waals surface area contributed by atoms with Crippen LogP contribution in [-0.4, -0.2) is 23.6 Å². The molecule has 29 heavy (non-hydrogen) atoms. The minimum Gasteiger partial charge on any atom is -0.494 e. The summed E-state index contributed by atoms with van der Waals surface area (Å²) in [7, 11) is 0. The molecule has 0 heterocycles. The largest absolute Gasteiger partial charge is 0.494 e. The van der Waals surface area contributed by atoms with Gasteiger partial charge in [0.05, 0.1) is 12.2 Å². The van der Waals surface area contributed by atoms with E-state index in [4.69, 9.17) is 9.84 Å². The van der Waals surface area contributed by atoms with Crippen LogP contribution in [0.25, 0.3) is 6.08 Å². The van der Waals surface area contributed by atoms with E-state index < -0.39 is 11.9 Å². The van der Waals surface area contributed by atoms with Crippen LogP contribution in [0.3, 0.4) is 0 Å². The van der Waals surface area contributed by atoms with E-state index >= 15 is 0 Å². The number of ether oxygens (including phenoxy) is 1. The number of amides is 1. The monoisotopic (exact) mass is 392 g/mol. The Kier molecular flexibility index (Phi) is 8.46. The van der Waals surface area contributed by atoms with Crippen LogP contribution in [0, 0.1) is 11.3 Å². The molecule has 0 radical (unpaired) electrons. The standard InChI is InChI=1S/C23H24N2O4/c1-2-3-4-5-14-29-21-12-6-17(7-13-21)15-19(16-24)22(26)25-20-10-8-18(9-11-20)23(27)28/h6-13,15H,2-5,14H2,1H3,(H,25,26)(H,27,28)/b19-15+. The van der Waals surface area contributed by atoms with Crippen LogP contribution < -0.4 is 10.1 Å². The number of hydrogen-bond acceptors (Lipinski definition) is 4. The van der Waals surface area contributed by atoms with E-state index in [9.17, 15) is 14.9 Å². The number of carbonyl (C=O) groups excluding carboxylic acids is 1. The zero-order valence-corrected chi connectivity index (χ0v) is 16.4. The molecule has 1 amide bonds. The number of carbonyl (C=O) groups is 2. The molecule has 0 saturated carbocycles. The summed E-state index contributed by atoms with van der Waals surface area (Å²) in [5.41, 5.74) is 1.18. The number of nitriles is 1. The molecule has 0 aliphatic carbocycles. The molecule has 2 rings (SSSR count). The topological polar surface area (TPSA) is 99.4 Å². The van der Waals surface area contributed by atoms with Crippen LogP contribution in [0.4, 0.5) is 5.69 Å². The molecule has 2 N–H and O–H groups in total. The molecule has 150 valence electrons. The van der Waals surface area contributed by atoms with Gasteiger partial charge >= 0.3 is 5.97 Å². The zero-order chi connectivity index (χ0) is 21.1. The van der Waals surface area contributed by atoms with E-state index in [2.05, 4.69) is 12.2 Å². The molecular formula is C23H24N2O4. The molecule has 0 unspecified atom stereocenters. The first-order valence-electron chi connectivity index (χ1n) is 9.53. The predicted molar refractivity (Wildman–Crippen MR) is 112 cm³/mol. The number of hydrogen-bond donors (Lipinski definition) is 2. The second-order valence-electron chi connectivity index (χ2n) is 6.48. The van der Waals surface area contributed by atoms with Crippen LogP contribution in [0.5, 0.6) is 5.75 Å². The van der Waals surface area contributed by atoms with Gasteiger partial charge in [0.25, 0.3) is 5.91 Å². The first-order valence-corrected chi connectivity index (χ1v) is 9.53. The lowest BCUT2D eigenvalue weighted by Crippen LogP contribution is -2.13. The van der Waals surface area contributed by atoms with Gasteiger partial charge in [-0.15, -0.1) is 0 Å². The van der Waals surface area contributed by atoms with E-state index in [0.29, 0.717) is 17.9 Å². The van der Waals surface area contributed by atoms with Crippen LogP contribution in [0.2, 0.25) is 0 Å². The maximum Gasteiger partial charge on any atom is 0.335 e. The van der Waals surface area contributed by atoms with Crippen LogP contribution in [0.1, 0.15) is 48.5 Å². The summed E-state index contributed by atoms with van der Waals surface area (Å²) < 4.78 is 5.69. The van der Waals surface area contributed by atoms with Gasteiger partial charge in [-0.1, -0.05) is 38.3 Å². The van der Waals surface area contributed by atoms with Gasteiger partial charge in [-0.05, 0) is 54.5 Å². The molecule has 2 aromatic rings. The summed E-state index contributed by atoms with van der Waals surface area (Å²) in [6.45, 7) is 2.83. The molecule has 2 aromatic carbocycles. The molecule has 6 heteroatoms. The molecule has 6 nitrogen and oxygen atoms in total. The third-order valence-electron chi connectivity index (χ3n) is 4.21. The summed E-state index contributed by atoms with van der Waals surface area (Å²) in [4.78, 5) is 23.2. The van der Waals surface area contributed by atoms with Gasteiger partial charge in [0.2, 0.25) is 0 Å². The second kappa shape index (κ2) is 11.3. The number of carboxylic acids is 1. The van der Waals surface area contributed by atoms with E-state index in [1.165, 1.54) is 43.2 Å². The Morgan fingerprint density at radius 2 is 1.76 bits per heavy atom. The fourth-order valence-corrected chi connectivity index (χ4v) is 2.59. The maximum atomic E-state index is 12.3. The molecule has 0 bridgehead atoms. The SMILES string of the molecule is CCCCCCOc1ccc(/C=C(\C#N)C(=O)Nc2ccc(C(=O)O)cc2)cc1. The number of rotatable bonds is 10. The normalized spacial score (nSPS) is 10.8. The quantitative estimate of drug-likeness (QED) is 0.341. The van der Waals surface area contributed by atoms with Crippen molar-refractivity contribution >= 4 is 23.6 Å². The summed E-state index contributed by atoms with van der Waals surface area (Å²) in [5, 5.41) is 20.8. The minimum atomic E-state index is -1.05. The summed E-state index contributed by atoms with van der Waals surface area (Å²) >= 11 is 0. The lowest BCUT2D eigenvalue weighted by atomic mass is 10.1. The first kappa shape index (κ1) is 21.7. The minimum absolute atomic E-state index is 0.0551. The fourth-order valence-electron chi connectivity index (χ4n) is 2.59. The predicted octanol–water partition coefficient (Wildman–Crippen LogP) is 4.89. The van der Waals surface area contributed by atoms with Gasteiger partial charge in [0.1, 0.15) is 17.4 Å². The Morgan fingerprint density at radius 3 is 2.34 bits per heavy atom. The molecule has 0 atom stereocenters. The summed E-state index contributed by atoms with van der Waals surface area (Å²) in [5.74, 6) is -0.860. The first-order chi connectivity index (χ1) is 14.0. The smallest absolute Gasteiger partial charge is 0.335 e. The van der Waals surface area contributed by atoms with Gasteiger partial charge in [-0.3, -0.25) is 4.79 Å². The van der Waals surface area contributed by atoms with Crippen molar-refractivity contribution < 1.29 is 19.4 Å². The second-order valence-corrected chi connectivity index (χ2v) is 6.48. The Morgan fingerprint density at radius 1 is 1.07 bits per heavy atom. The molecule has 0 aromatic heterocycles. The summed E-state index contributed by atoms with van der Waals surface area (Å²) in [6.07, 6.45) is 6.05. The van der Waals surface area contributed by atoms with Crippen molar-refractivity contribution in [2.45, 2.75) is 32.6 Å². The fraction of sp³-hybridized carbons (Fsp3) is 0.261. The van der Waals surface area contributed by atoms with Crippen molar-refractivity contribution in [3.63, 3.8) is 0 Å². The van der Waals surface area contributed by atoms with Gasteiger partial charge in [-0.2, -0.15) is 5.26 Å². The van der Waals surface area contributed by atoms with Gasteiger partial charge in [0.15, 0.2) is 0 Å². The molecule has 0 spiro atoms. The van der Waals surface area contributed by atoms with E-state index in [-0.39, 0.29) is 11.1 Å². The van der Waals surface area contributed by atoms with Crippen molar-refractivity contribution in [3.05, 3.63) is 65.2 Å². The van der Waals surface area contributed by atoms with Gasteiger partial charge < -0.3 is 15.2 Å². The van der Waals surface area contributed by atoms with Crippen molar-refractivity contribution in [2.75, 3.05) is 11.9 Å². The van der Waals surface area contributed by atoms with Gasteiger partial charge in [-0.25, -0.2) is 4.79 Å². The molecule has 0 saturated heterocycles. The average molecular weight is 392 g/mol. The van der Waals surface area contributed by atoms with Gasteiger partial charge in [0, 0.05) is 5.69 Å². The van der Waals surface area contributed by atoms with E-state index in [1.54, 1.807) is 12.1 Å². The van der Waals surface area contributed by atoms with Crippen LogP contribution in [0.15, 0.2) is 54.1 Å². The lowest BCUT2D eigenvalue weighted by molar-refractivity contribution is -0.112. The van der Waals surface area contributed by atoms with Crippen molar-refractivity contribution in [2.24, 2.45) is 0 Å². The van der Waals surface area contributed by atoms with Crippen molar-refractivity contribution in [3.8, 4) is 11.8 Å². The highest BCUT2D eigenvalue weighted by atomic mass is 16.5. The molecular weight excluding hydrogens is 368 g/mol. The number of nitrogens with one attached hydrogen (secondary N) is 1. The number of nitrogens with zero attached hydrogens (tertiary/aromatic N) is 1. The Balaban J connectivity index is 1.96. The Labute approximate surface area is 170 Å². The Hall–Kier alpha value is -3.59. The highest BCUT2D eigenvalue weighted by Gasteiger charge is 2.10. The number of benzene rings is 2. The lowest BCUT2D eigenvalue weighted by Gasteiger charge is -2.07. The third kappa shape index (κ3) is 7.15. The zero-order valence-electron chi connectivity index (χ0n) is 16.4. The molecule has 0 aliphatic rings.